The van der Waals surface area contributed by atoms with E-state index in [1.807, 2.05) is 0 Å². The van der Waals surface area contributed by atoms with Crippen molar-refractivity contribution >= 4 is 23.2 Å². The minimum absolute atomic E-state index is 0.182. The zero-order valence-corrected chi connectivity index (χ0v) is 11.0. The maximum absolute atomic E-state index is 13.8. The van der Waals surface area contributed by atoms with Crippen molar-refractivity contribution in [3.63, 3.8) is 0 Å². The molecule has 2 aromatic carbocycles. The molecule has 0 unspecified atom stereocenters. The van der Waals surface area contributed by atoms with Gasteiger partial charge in [0.25, 0.3) is 0 Å². The summed E-state index contributed by atoms with van der Waals surface area (Å²) >= 11 is 11.4. The Balaban J connectivity index is 2.86. The first-order valence-corrected chi connectivity index (χ1v) is 5.85. The fourth-order valence-corrected chi connectivity index (χ4v) is 2.16. The highest BCUT2D eigenvalue weighted by Crippen LogP contribution is 2.36. The van der Waals surface area contributed by atoms with Crippen LogP contribution >= 0.6 is 23.2 Å². The number of halogens is 6. The summed E-state index contributed by atoms with van der Waals surface area (Å²) in [5.74, 6) is -6.92. The van der Waals surface area contributed by atoms with E-state index in [4.69, 9.17) is 28.5 Å². The molecule has 0 radical (unpaired) electrons. The van der Waals surface area contributed by atoms with Crippen molar-refractivity contribution in [3.05, 3.63) is 57.1 Å². The van der Waals surface area contributed by atoms with Crippen LogP contribution < -0.4 is 0 Å². The van der Waals surface area contributed by atoms with Crippen molar-refractivity contribution in [2.75, 3.05) is 0 Å². The lowest BCUT2D eigenvalue weighted by molar-refractivity contribution is 0.454. The Labute approximate surface area is 121 Å². The van der Waals surface area contributed by atoms with Crippen molar-refractivity contribution < 1.29 is 17.6 Å². The highest BCUT2D eigenvalue weighted by Gasteiger charge is 2.27. The van der Waals surface area contributed by atoms with Crippen molar-refractivity contribution in [2.45, 2.75) is 0 Å². The molecule has 0 spiro atoms. The van der Waals surface area contributed by atoms with E-state index >= 15 is 0 Å². The van der Waals surface area contributed by atoms with Crippen LogP contribution in [0.3, 0.4) is 0 Å². The Bertz CT molecular complexity index is 724. The van der Waals surface area contributed by atoms with Crippen LogP contribution in [0.2, 0.25) is 10.0 Å². The standard InChI is InChI=1S/C13H3Cl2F4N/c14-5-1-2-6(8(15)3-5)9-12(18)10(16)7(4-20)11(17)13(9)19/h1-3H. The molecule has 0 atom stereocenters. The summed E-state index contributed by atoms with van der Waals surface area (Å²) in [6.45, 7) is 0. The molecule has 0 aromatic heterocycles. The van der Waals surface area contributed by atoms with Gasteiger partial charge in [0.2, 0.25) is 0 Å². The molecule has 0 bridgehead atoms. The van der Waals surface area contributed by atoms with Crippen LogP contribution in [0, 0.1) is 34.6 Å². The van der Waals surface area contributed by atoms with Crippen LogP contribution in [-0.4, -0.2) is 0 Å². The maximum atomic E-state index is 13.8. The van der Waals surface area contributed by atoms with Crippen LogP contribution in [0.1, 0.15) is 5.56 Å². The van der Waals surface area contributed by atoms with Crippen molar-refractivity contribution in [3.8, 4) is 17.2 Å². The van der Waals surface area contributed by atoms with Gasteiger partial charge in [-0.05, 0) is 12.1 Å². The van der Waals surface area contributed by atoms with Crippen LogP contribution in [0.15, 0.2) is 18.2 Å². The average molecular weight is 320 g/mol. The molecule has 7 heteroatoms. The Morgan fingerprint density at radius 1 is 0.900 bits per heavy atom. The highest BCUT2D eigenvalue weighted by molar-refractivity contribution is 6.36. The van der Waals surface area contributed by atoms with E-state index < -0.39 is 34.4 Å². The lowest BCUT2D eigenvalue weighted by atomic mass is 10.0. The fourth-order valence-electron chi connectivity index (χ4n) is 1.66. The van der Waals surface area contributed by atoms with Gasteiger partial charge in [-0.25, -0.2) is 17.6 Å². The Hall–Kier alpha value is -1.77. The highest BCUT2D eigenvalue weighted by atomic mass is 35.5. The number of hydrogen-bond donors (Lipinski definition) is 0. The molecule has 0 saturated carbocycles. The minimum atomic E-state index is -1.77. The van der Waals surface area contributed by atoms with Crippen LogP contribution in [0.4, 0.5) is 17.6 Å². The fraction of sp³-hybridized carbons (Fsp3) is 0. The first-order chi connectivity index (χ1) is 9.38. The topological polar surface area (TPSA) is 23.8 Å². The molecule has 0 heterocycles. The maximum Gasteiger partial charge on any atom is 0.180 e. The van der Waals surface area contributed by atoms with E-state index in [1.54, 1.807) is 0 Å². The van der Waals surface area contributed by atoms with Crippen LogP contribution in [0.25, 0.3) is 11.1 Å². The Kier molecular flexibility index (Phi) is 3.89. The van der Waals surface area contributed by atoms with Gasteiger partial charge in [0, 0.05) is 10.6 Å². The van der Waals surface area contributed by atoms with Gasteiger partial charge in [0.05, 0.1) is 10.6 Å². The molecule has 2 aromatic rings. The first-order valence-electron chi connectivity index (χ1n) is 5.10. The molecule has 0 N–H and O–H groups in total. The van der Waals surface area contributed by atoms with Crippen molar-refractivity contribution in [1.29, 1.82) is 5.26 Å². The molecule has 0 fully saturated rings. The molecule has 0 aliphatic carbocycles. The molecule has 1 nitrogen and oxygen atoms in total. The molecule has 2 rings (SSSR count). The second-order valence-corrected chi connectivity index (χ2v) is 4.59. The van der Waals surface area contributed by atoms with Crippen molar-refractivity contribution in [2.24, 2.45) is 0 Å². The summed E-state index contributed by atoms with van der Waals surface area (Å²) in [6, 6.07) is 4.62. The summed E-state index contributed by atoms with van der Waals surface area (Å²) in [4.78, 5) is 0. The molecule has 0 aliphatic heterocycles. The lowest BCUT2D eigenvalue weighted by Gasteiger charge is -2.10. The van der Waals surface area contributed by atoms with Gasteiger partial charge in [0.1, 0.15) is 11.6 Å². The largest absolute Gasteiger partial charge is 0.203 e. The van der Waals surface area contributed by atoms with Gasteiger partial charge in [-0.2, -0.15) is 5.26 Å². The van der Waals surface area contributed by atoms with Crippen LogP contribution in [-0.2, 0) is 0 Å². The van der Waals surface area contributed by atoms with E-state index in [-0.39, 0.29) is 15.6 Å². The third kappa shape index (κ3) is 2.21. The zero-order valence-electron chi connectivity index (χ0n) is 9.45. The number of nitriles is 1. The van der Waals surface area contributed by atoms with E-state index in [0.717, 1.165) is 12.1 Å². The second kappa shape index (κ2) is 5.31. The molecule has 0 aliphatic rings. The molecule has 102 valence electrons. The SMILES string of the molecule is N#Cc1c(F)c(F)c(-c2ccc(Cl)cc2Cl)c(F)c1F. The van der Waals surface area contributed by atoms with Crippen molar-refractivity contribution in [1.82, 2.24) is 0 Å². The minimum Gasteiger partial charge on any atom is -0.203 e. The molecule has 20 heavy (non-hydrogen) atoms. The normalized spacial score (nSPS) is 10.4. The molecular weight excluding hydrogens is 317 g/mol. The molecule has 0 amide bonds. The summed E-state index contributed by atoms with van der Waals surface area (Å²) < 4.78 is 54.7. The lowest BCUT2D eigenvalue weighted by Crippen LogP contribution is -2.04. The summed E-state index contributed by atoms with van der Waals surface area (Å²) in [6.07, 6.45) is 0. The van der Waals surface area contributed by atoms with Gasteiger partial charge in [0.15, 0.2) is 23.3 Å². The van der Waals surface area contributed by atoms with Gasteiger partial charge < -0.3 is 0 Å². The molecule has 0 saturated heterocycles. The number of nitrogens with zero attached hydrogens (tertiary/aromatic N) is 1. The van der Waals surface area contributed by atoms with Gasteiger partial charge in [-0.1, -0.05) is 29.3 Å². The Morgan fingerprint density at radius 2 is 1.45 bits per heavy atom. The summed E-state index contributed by atoms with van der Waals surface area (Å²) in [5, 5.41) is 8.50. The van der Waals surface area contributed by atoms with Gasteiger partial charge >= 0.3 is 0 Å². The van der Waals surface area contributed by atoms with E-state index in [0.29, 0.717) is 0 Å². The monoisotopic (exact) mass is 319 g/mol. The number of benzene rings is 2. The smallest absolute Gasteiger partial charge is 0.180 e. The van der Waals surface area contributed by atoms with Crippen LogP contribution in [0.5, 0.6) is 0 Å². The average Bonchev–Trinajstić information content (AvgIpc) is 2.40. The first kappa shape index (κ1) is 14.6. The zero-order chi connectivity index (χ0) is 15.0. The van der Waals surface area contributed by atoms with Gasteiger partial charge in [-0.15, -0.1) is 0 Å². The third-order valence-corrected chi connectivity index (χ3v) is 3.12. The third-order valence-electron chi connectivity index (χ3n) is 2.58. The summed E-state index contributed by atoms with van der Waals surface area (Å²) in [7, 11) is 0. The summed E-state index contributed by atoms with van der Waals surface area (Å²) in [5.41, 5.74) is -2.58. The van der Waals surface area contributed by atoms with Gasteiger partial charge in [-0.3, -0.25) is 0 Å². The number of hydrogen-bond acceptors (Lipinski definition) is 1. The van der Waals surface area contributed by atoms with E-state index in [1.165, 1.54) is 12.1 Å². The predicted molar refractivity (Wildman–Crippen MR) is 66.4 cm³/mol. The van der Waals surface area contributed by atoms with E-state index in [2.05, 4.69) is 0 Å². The molecular formula is C13H3Cl2F4N. The Morgan fingerprint density at radius 3 is 1.90 bits per heavy atom. The number of rotatable bonds is 1. The predicted octanol–water partition coefficient (Wildman–Crippen LogP) is 5.09. The quantitative estimate of drug-likeness (QED) is 0.530. The second-order valence-electron chi connectivity index (χ2n) is 3.74. The van der Waals surface area contributed by atoms with E-state index in [9.17, 15) is 17.6 Å².